The Bertz CT molecular complexity index is 1020. The van der Waals surface area contributed by atoms with Crippen molar-refractivity contribution >= 4 is 29.8 Å². The number of carbonyl (C=O) groups excluding carboxylic acids is 2. The lowest BCUT2D eigenvalue weighted by molar-refractivity contribution is -0.298. The third-order valence-electron chi connectivity index (χ3n) is 3.43. The molecule has 0 unspecified atom stereocenters. The third-order valence-corrected chi connectivity index (χ3v) is 4.28. The first-order chi connectivity index (χ1) is 13.0. The highest BCUT2D eigenvalue weighted by molar-refractivity contribution is 8.03. The third kappa shape index (κ3) is 4.45. The zero-order valence-corrected chi connectivity index (χ0v) is 14.8. The summed E-state index contributed by atoms with van der Waals surface area (Å²) in [5.41, 5.74) is 0.526. The normalized spacial score (nSPS) is 11.5. The molecule has 3 aromatic rings. The molecule has 1 aromatic carbocycles. The smallest absolute Gasteiger partial charge is 0.281 e. The minimum atomic E-state index is -1.42. The summed E-state index contributed by atoms with van der Waals surface area (Å²) in [4.78, 5) is 22.2. The molecule has 0 aliphatic carbocycles. The van der Waals surface area contributed by atoms with Crippen LogP contribution in [0.4, 0.5) is 0 Å². The molecule has 0 bridgehead atoms. The summed E-state index contributed by atoms with van der Waals surface area (Å²) >= 11 is 0.752. The van der Waals surface area contributed by atoms with Crippen molar-refractivity contribution < 1.29 is 28.6 Å². The molecule has 9 heteroatoms. The van der Waals surface area contributed by atoms with Gasteiger partial charge in [0.25, 0.3) is 5.22 Å². The van der Waals surface area contributed by atoms with E-state index < -0.39 is 11.9 Å². The minimum Gasteiger partial charge on any atom is -0.545 e. The first-order valence-electron chi connectivity index (χ1n) is 7.81. The number of aromatic nitrogens is 2. The van der Waals surface area contributed by atoms with E-state index in [1.165, 1.54) is 18.2 Å². The molecule has 0 fully saturated rings. The maximum atomic E-state index is 11.4. The van der Waals surface area contributed by atoms with Crippen LogP contribution in [0, 0.1) is 0 Å². The first-order valence-corrected chi connectivity index (χ1v) is 8.63. The highest BCUT2D eigenvalue weighted by atomic mass is 32.2. The van der Waals surface area contributed by atoms with E-state index in [9.17, 15) is 19.8 Å². The molecule has 0 aliphatic rings. The second-order valence-electron chi connectivity index (χ2n) is 5.28. The van der Waals surface area contributed by atoms with E-state index in [0.717, 1.165) is 11.8 Å². The van der Waals surface area contributed by atoms with Gasteiger partial charge in [0.2, 0.25) is 5.89 Å². The predicted octanol–water partition coefficient (Wildman–Crippen LogP) is 1.14. The summed E-state index contributed by atoms with van der Waals surface area (Å²) in [5.74, 6) is -1.72. The molecule has 0 N–H and O–H groups in total. The van der Waals surface area contributed by atoms with Crippen molar-refractivity contribution in [3.05, 3.63) is 58.5 Å². The maximum absolute atomic E-state index is 11.4. The van der Waals surface area contributed by atoms with Crippen LogP contribution in [-0.4, -0.2) is 22.1 Å². The molecule has 2 heterocycles. The number of thioether (sulfide) groups is 1. The van der Waals surface area contributed by atoms with Crippen molar-refractivity contribution in [2.45, 2.75) is 18.6 Å². The van der Waals surface area contributed by atoms with Crippen molar-refractivity contribution in [1.29, 1.82) is 0 Å². The van der Waals surface area contributed by atoms with Crippen LogP contribution in [0.1, 0.15) is 28.9 Å². The van der Waals surface area contributed by atoms with Gasteiger partial charge in [-0.2, -0.15) is 0 Å². The average molecular weight is 384 g/mol. The van der Waals surface area contributed by atoms with E-state index in [1.807, 2.05) is 6.92 Å². The molecule has 27 heavy (non-hydrogen) atoms. The quantitative estimate of drug-likeness (QED) is 0.434. The standard InChI is InChI=1S/C18H14N2O6S/c1-2-15-19-20-18(26-15)27-14(17(23)24)9-12-6-7-13(25-12)10-4-3-5-11(8-10)16(21)22/h3-9H,2H2,1H3,(H,21,22)(H,23,24)/p-2/b14-9+. The van der Waals surface area contributed by atoms with Gasteiger partial charge in [-0.15, -0.1) is 10.2 Å². The second-order valence-corrected chi connectivity index (χ2v) is 6.28. The predicted molar refractivity (Wildman–Crippen MR) is 91.0 cm³/mol. The monoisotopic (exact) mass is 384 g/mol. The summed E-state index contributed by atoms with van der Waals surface area (Å²) in [5, 5.41) is 29.9. The number of furan rings is 1. The number of hydrogen-bond acceptors (Lipinski definition) is 9. The molecule has 0 spiro atoms. The summed E-state index contributed by atoms with van der Waals surface area (Å²) in [6, 6.07) is 9.18. The summed E-state index contributed by atoms with van der Waals surface area (Å²) in [6.07, 6.45) is 1.80. The number of rotatable bonds is 7. The molecule has 0 aliphatic heterocycles. The Morgan fingerprint density at radius 2 is 1.96 bits per heavy atom. The molecule has 2 aromatic heterocycles. The SMILES string of the molecule is CCc1nnc(S/C(=C/c2ccc(-c3cccc(C(=O)[O-])c3)o2)C(=O)[O-])o1. The molecule has 0 saturated heterocycles. The van der Waals surface area contributed by atoms with Crippen molar-refractivity contribution in [3.8, 4) is 11.3 Å². The van der Waals surface area contributed by atoms with Crippen LogP contribution in [0.25, 0.3) is 17.4 Å². The summed E-state index contributed by atoms with van der Waals surface area (Å²) < 4.78 is 10.9. The highest BCUT2D eigenvalue weighted by Crippen LogP contribution is 2.29. The maximum Gasteiger partial charge on any atom is 0.281 e. The van der Waals surface area contributed by atoms with Gasteiger partial charge in [-0.05, 0) is 41.6 Å². The number of aryl methyl sites for hydroxylation is 1. The van der Waals surface area contributed by atoms with E-state index in [-0.39, 0.29) is 21.5 Å². The van der Waals surface area contributed by atoms with Crippen LogP contribution in [0.3, 0.4) is 0 Å². The lowest BCUT2D eigenvalue weighted by atomic mass is 10.1. The van der Waals surface area contributed by atoms with Crippen LogP contribution in [0.5, 0.6) is 0 Å². The van der Waals surface area contributed by atoms with Gasteiger partial charge in [0.1, 0.15) is 11.5 Å². The van der Waals surface area contributed by atoms with Crippen molar-refractivity contribution in [3.63, 3.8) is 0 Å². The van der Waals surface area contributed by atoms with Crippen LogP contribution in [0.2, 0.25) is 0 Å². The lowest BCUT2D eigenvalue weighted by Crippen LogP contribution is -2.22. The largest absolute Gasteiger partial charge is 0.545 e. The average Bonchev–Trinajstić information content (AvgIpc) is 3.30. The molecule has 0 amide bonds. The Labute approximate surface area is 157 Å². The number of carboxylic acid groups (broad SMARTS) is 2. The van der Waals surface area contributed by atoms with Gasteiger partial charge in [-0.25, -0.2) is 0 Å². The van der Waals surface area contributed by atoms with Crippen LogP contribution < -0.4 is 10.2 Å². The van der Waals surface area contributed by atoms with Gasteiger partial charge in [0.15, 0.2) is 0 Å². The van der Waals surface area contributed by atoms with Crippen LogP contribution in [-0.2, 0) is 11.2 Å². The topological polar surface area (TPSA) is 132 Å². The molecule has 138 valence electrons. The number of nitrogens with zero attached hydrogens (tertiary/aromatic N) is 2. The first kappa shape index (κ1) is 18.5. The van der Waals surface area contributed by atoms with E-state index >= 15 is 0 Å². The molecule has 8 nitrogen and oxygen atoms in total. The Morgan fingerprint density at radius 3 is 2.63 bits per heavy atom. The fraction of sp³-hybridized carbons (Fsp3) is 0.111. The molecule has 3 rings (SSSR count). The molecule has 0 saturated carbocycles. The number of benzene rings is 1. The number of aromatic carboxylic acids is 1. The number of carbonyl (C=O) groups is 2. The fourth-order valence-electron chi connectivity index (χ4n) is 2.16. The summed E-state index contributed by atoms with van der Waals surface area (Å²) in [6.45, 7) is 1.83. The zero-order chi connectivity index (χ0) is 19.4. The van der Waals surface area contributed by atoms with Gasteiger partial charge >= 0.3 is 0 Å². The van der Waals surface area contributed by atoms with E-state index in [2.05, 4.69) is 10.2 Å². The molecular weight excluding hydrogens is 372 g/mol. The highest BCUT2D eigenvalue weighted by Gasteiger charge is 2.12. The van der Waals surface area contributed by atoms with Crippen molar-refractivity contribution in [2.75, 3.05) is 0 Å². The van der Waals surface area contributed by atoms with Gasteiger partial charge in [0.05, 0.1) is 11.9 Å². The van der Waals surface area contributed by atoms with Gasteiger partial charge in [-0.1, -0.05) is 25.1 Å². The van der Waals surface area contributed by atoms with Crippen molar-refractivity contribution in [1.82, 2.24) is 10.2 Å². The zero-order valence-electron chi connectivity index (χ0n) is 14.0. The van der Waals surface area contributed by atoms with Gasteiger partial charge in [-0.3, -0.25) is 0 Å². The summed E-state index contributed by atoms with van der Waals surface area (Å²) in [7, 11) is 0. The van der Waals surface area contributed by atoms with Crippen LogP contribution >= 0.6 is 11.8 Å². The van der Waals surface area contributed by atoms with E-state index in [1.54, 1.807) is 24.3 Å². The second kappa shape index (κ2) is 7.92. The number of aliphatic carboxylic acids is 1. The van der Waals surface area contributed by atoms with E-state index in [4.69, 9.17) is 8.83 Å². The Morgan fingerprint density at radius 1 is 1.15 bits per heavy atom. The fourth-order valence-corrected chi connectivity index (χ4v) is 2.83. The Hall–Kier alpha value is -3.33. The molecular formula is C18H12N2O6S-2. The molecule has 0 radical (unpaired) electrons. The number of hydrogen-bond donors (Lipinski definition) is 0. The van der Waals surface area contributed by atoms with Gasteiger partial charge < -0.3 is 28.6 Å². The van der Waals surface area contributed by atoms with Crippen molar-refractivity contribution in [2.24, 2.45) is 0 Å². The van der Waals surface area contributed by atoms with Crippen LogP contribution in [0.15, 0.2) is 55.4 Å². The Kier molecular flexibility index (Phi) is 5.41. The molecule has 0 atom stereocenters. The lowest BCUT2D eigenvalue weighted by Gasteiger charge is -2.05. The number of carboxylic acids is 2. The Balaban J connectivity index is 1.85. The van der Waals surface area contributed by atoms with Gasteiger partial charge in [0, 0.05) is 16.9 Å². The minimum absolute atomic E-state index is 0.00935. The van der Waals surface area contributed by atoms with E-state index in [0.29, 0.717) is 23.6 Å².